The Kier molecular flexibility index (Phi) is 42.5. The minimum Gasteiger partial charge on any atom is -0.394 e. The molecule has 3 aliphatic rings. The molecule has 0 spiro atoms. The quantitative estimate of drug-likeness (QED) is 0.0210. The van der Waals surface area contributed by atoms with E-state index in [-0.39, 0.29) is 18.9 Å². The summed E-state index contributed by atoms with van der Waals surface area (Å²) in [4.78, 5) is 13.3. The molecule has 0 aromatic carbocycles. The zero-order chi connectivity index (χ0) is 59.7. The van der Waals surface area contributed by atoms with Crippen molar-refractivity contribution in [1.29, 1.82) is 0 Å². The van der Waals surface area contributed by atoms with Gasteiger partial charge in [0, 0.05) is 6.42 Å². The predicted molar refractivity (Wildman–Crippen MR) is 314 cm³/mol. The van der Waals surface area contributed by atoms with Gasteiger partial charge in [-0.15, -0.1) is 0 Å². The van der Waals surface area contributed by atoms with Gasteiger partial charge in [-0.1, -0.05) is 238 Å². The monoisotopic (exact) mass is 1180 g/mol. The predicted octanol–water partition coefficient (Wildman–Crippen LogP) is 7.33. The molecular formula is C63H119NO18. The molecule has 19 nitrogen and oxygen atoms in total. The van der Waals surface area contributed by atoms with Gasteiger partial charge in [-0.25, -0.2) is 0 Å². The van der Waals surface area contributed by atoms with Gasteiger partial charge >= 0.3 is 0 Å². The number of aliphatic hydroxyl groups is 11. The highest BCUT2D eigenvalue weighted by atomic mass is 16.8. The summed E-state index contributed by atoms with van der Waals surface area (Å²) in [5.74, 6) is -0.271. The Morgan fingerprint density at radius 2 is 0.756 bits per heavy atom. The third-order valence-electron chi connectivity index (χ3n) is 16.8. The number of allylic oxidation sites excluding steroid dienone is 1. The number of amides is 1. The molecular weight excluding hydrogens is 1060 g/mol. The van der Waals surface area contributed by atoms with E-state index in [0.29, 0.717) is 6.42 Å². The maximum Gasteiger partial charge on any atom is 0.220 e. The highest BCUT2D eigenvalue weighted by Gasteiger charge is 2.53. The van der Waals surface area contributed by atoms with E-state index in [2.05, 4.69) is 19.2 Å². The highest BCUT2D eigenvalue weighted by molar-refractivity contribution is 5.76. The maximum atomic E-state index is 13.3. The standard InChI is InChI=1S/C63H119NO18/c1-3-5-7-9-11-13-15-17-19-20-21-22-23-24-25-27-28-30-32-34-36-38-40-47(68)46(64-51(69)41-39-37-35-33-31-29-26-18-16-14-12-10-8-6-4-2)45-77-61-57(75)54(72)59(49(43-66)79-61)82-63-58(76)55(73)60(50(44-67)80-63)81-62-56(74)53(71)52(70)48(42-65)78-62/h38,40,46-50,52-63,65-68,70-76H,3-37,39,41-45H2,1-2H3,(H,64,69)/b40-38+. The molecule has 484 valence electrons. The fourth-order valence-electron chi connectivity index (χ4n) is 11.4. The molecule has 12 N–H and O–H groups in total. The second-order valence-corrected chi connectivity index (χ2v) is 23.9. The molecule has 0 saturated carbocycles. The number of hydrogen-bond acceptors (Lipinski definition) is 18. The molecule has 0 radical (unpaired) electrons. The third kappa shape index (κ3) is 29.5. The van der Waals surface area contributed by atoms with Crippen LogP contribution in [0.3, 0.4) is 0 Å². The number of ether oxygens (including phenoxy) is 6. The summed E-state index contributed by atoms with van der Waals surface area (Å²) in [6, 6.07) is -0.967. The minimum atomic E-state index is -1.97. The van der Waals surface area contributed by atoms with Crippen LogP contribution in [0.5, 0.6) is 0 Å². The van der Waals surface area contributed by atoms with Crippen LogP contribution in [0.1, 0.15) is 251 Å². The van der Waals surface area contributed by atoms with Gasteiger partial charge in [-0.3, -0.25) is 4.79 Å². The van der Waals surface area contributed by atoms with Crippen molar-refractivity contribution < 1.29 is 89.4 Å². The van der Waals surface area contributed by atoms with Crippen LogP contribution in [-0.4, -0.2) is 193 Å². The van der Waals surface area contributed by atoms with Crippen LogP contribution in [0, 0.1) is 0 Å². The van der Waals surface area contributed by atoms with Crippen LogP contribution in [0.25, 0.3) is 0 Å². The maximum absolute atomic E-state index is 13.3. The molecule has 3 aliphatic heterocycles. The van der Waals surface area contributed by atoms with Crippen LogP contribution in [0.2, 0.25) is 0 Å². The third-order valence-corrected chi connectivity index (χ3v) is 16.8. The lowest BCUT2D eigenvalue weighted by Gasteiger charge is -2.48. The topological polar surface area (TPSA) is 307 Å². The van der Waals surface area contributed by atoms with Gasteiger partial charge in [0.05, 0.1) is 38.6 Å². The summed E-state index contributed by atoms with van der Waals surface area (Å²) in [5, 5.41) is 120. The van der Waals surface area contributed by atoms with Gasteiger partial charge in [-0.05, 0) is 19.3 Å². The normalized spacial score (nSPS) is 29.6. The van der Waals surface area contributed by atoms with E-state index >= 15 is 0 Å². The summed E-state index contributed by atoms with van der Waals surface area (Å²) in [6.45, 7) is 1.76. The summed E-state index contributed by atoms with van der Waals surface area (Å²) in [6.07, 6.45) is 21.9. The van der Waals surface area contributed by atoms with Gasteiger partial charge in [0.25, 0.3) is 0 Å². The first-order valence-corrected chi connectivity index (χ1v) is 32.9. The van der Waals surface area contributed by atoms with E-state index in [1.54, 1.807) is 6.08 Å². The SMILES string of the molecule is CCCCCCCCCCCCCCCCCCCCCC/C=C/C(O)C(COC1OC(CO)C(OC2OC(CO)C(OC3OC(CO)C(O)C(O)C3O)C(O)C2O)C(O)C1O)NC(=O)CCCCCCCCCCCCCCCCC. The summed E-state index contributed by atoms with van der Waals surface area (Å²) in [5.41, 5.74) is 0. The number of unbranched alkanes of at least 4 members (excludes halogenated alkanes) is 34. The van der Waals surface area contributed by atoms with Crippen molar-refractivity contribution >= 4 is 5.91 Å². The molecule has 0 bridgehead atoms. The molecule has 0 aromatic heterocycles. The Hall–Kier alpha value is -1.47. The van der Waals surface area contributed by atoms with Crippen molar-refractivity contribution in [2.45, 2.75) is 356 Å². The van der Waals surface area contributed by atoms with Crippen LogP contribution in [0.4, 0.5) is 0 Å². The van der Waals surface area contributed by atoms with E-state index in [4.69, 9.17) is 28.4 Å². The van der Waals surface area contributed by atoms with E-state index in [1.807, 2.05) is 6.08 Å². The molecule has 0 aliphatic carbocycles. The summed E-state index contributed by atoms with van der Waals surface area (Å²) >= 11 is 0. The Morgan fingerprint density at radius 3 is 1.15 bits per heavy atom. The number of nitrogens with one attached hydrogen (secondary N) is 1. The lowest BCUT2D eigenvalue weighted by molar-refractivity contribution is -0.379. The van der Waals surface area contributed by atoms with Gasteiger partial charge < -0.3 is 89.9 Å². The molecule has 3 fully saturated rings. The van der Waals surface area contributed by atoms with E-state index in [0.717, 1.165) is 44.9 Å². The molecule has 17 unspecified atom stereocenters. The minimum absolute atomic E-state index is 0.249. The van der Waals surface area contributed by atoms with Gasteiger partial charge in [0.15, 0.2) is 18.9 Å². The second kappa shape index (κ2) is 46.7. The smallest absolute Gasteiger partial charge is 0.220 e. The van der Waals surface area contributed by atoms with Crippen molar-refractivity contribution in [1.82, 2.24) is 5.32 Å². The lowest BCUT2D eigenvalue weighted by atomic mass is 9.96. The molecule has 0 aromatic rings. The average Bonchev–Trinajstić information content (AvgIpc) is 2.92. The van der Waals surface area contributed by atoms with Gasteiger partial charge in [0.1, 0.15) is 73.2 Å². The zero-order valence-corrected chi connectivity index (χ0v) is 50.7. The van der Waals surface area contributed by atoms with Crippen molar-refractivity contribution in [2.75, 3.05) is 26.4 Å². The molecule has 1 amide bonds. The largest absolute Gasteiger partial charge is 0.394 e. The number of carbonyl (C=O) groups is 1. The number of hydrogen-bond donors (Lipinski definition) is 12. The number of rotatable bonds is 50. The highest BCUT2D eigenvalue weighted by Crippen LogP contribution is 2.33. The van der Waals surface area contributed by atoms with Crippen LogP contribution in [0.15, 0.2) is 12.2 Å². The Balaban J connectivity index is 1.47. The van der Waals surface area contributed by atoms with E-state index < -0.39 is 124 Å². The molecule has 3 saturated heterocycles. The zero-order valence-electron chi connectivity index (χ0n) is 50.7. The summed E-state index contributed by atoms with van der Waals surface area (Å²) < 4.78 is 34.3. The van der Waals surface area contributed by atoms with Crippen LogP contribution in [-0.2, 0) is 33.2 Å². The van der Waals surface area contributed by atoms with Gasteiger partial charge in [0.2, 0.25) is 5.91 Å². The van der Waals surface area contributed by atoms with Crippen molar-refractivity contribution in [3.05, 3.63) is 12.2 Å². The number of aliphatic hydroxyl groups excluding tert-OH is 11. The lowest BCUT2D eigenvalue weighted by Crippen LogP contribution is -2.66. The average molecular weight is 1180 g/mol. The molecule has 19 heteroatoms. The van der Waals surface area contributed by atoms with Crippen LogP contribution < -0.4 is 5.32 Å². The first kappa shape index (κ1) is 74.8. The molecule has 3 rings (SSSR count). The van der Waals surface area contributed by atoms with Crippen molar-refractivity contribution in [3.63, 3.8) is 0 Å². The Labute approximate surface area is 493 Å². The molecule has 17 atom stereocenters. The molecule has 82 heavy (non-hydrogen) atoms. The fourth-order valence-corrected chi connectivity index (χ4v) is 11.4. The van der Waals surface area contributed by atoms with Gasteiger partial charge in [-0.2, -0.15) is 0 Å². The van der Waals surface area contributed by atoms with Crippen molar-refractivity contribution in [3.8, 4) is 0 Å². The Bertz CT molecular complexity index is 1550. The van der Waals surface area contributed by atoms with Crippen LogP contribution >= 0.6 is 0 Å². The first-order chi connectivity index (χ1) is 39.8. The van der Waals surface area contributed by atoms with E-state index in [9.17, 15) is 61.0 Å². The Morgan fingerprint density at radius 1 is 0.427 bits per heavy atom. The summed E-state index contributed by atoms with van der Waals surface area (Å²) in [7, 11) is 0. The second-order valence-electron chi connectivity index (χ2n) is 23.9. The fraction of sp³-hybridized carbons (Fsp3) is 0.952. The number of carbonyl (C=O) groups excluding carboxylic acids is 1. The molecule has 3 heterocycles. The first-order valence-electron chi connectivity index (χ1n) is 32.9. The van der Waals surface area contributed by atoms with Crippen molar-refractivity contribution in [2.24, 2.45) is 0 Å². The van der Waals surface area contributed by atoms with E-state index in [1.165, 1.54) is 180 Å².